The zero-order chi connectivity index (χ0) is 15.3. The topological polar surface area (TPSA) is 30.5 Å². The summed E-state index contributed by atoms with van der Waals surface area (Å²) in [5.41, 5.74) is 0.689. The first-order valence-electron chi connectivity index (χ1n) is 7.79. The zero-order valence-corrected chi connectivity index (χ0v) is 13.2. The van der Waals surface area contributed by atoms with Crippen molar-refractivity contribution in [3.63, 3.8) is 0 Å². The van der Waals surface area contributed by atoms with E-state index in [2.05, 4.69) is 12.2 Å². The average molecular weight is 295 g/mol. The summed E-state index contributed by atoms with van der Waals surface area (Å²) >= 11 is 0. The minimum Gasteiger partial charge on any atom is -0.494 e. The Morgan fingerprint density at radius 2 is 1.95 bits per heavy atom. The third kappa shape index (κ3) is 3.38. The van der Waals surface area contributed by atoms with Crippen molar-refractivity contribution in [2.24, 2.45) is 0 Å². The van der Waals surface area contributed by atoms with E-state index < -0.39 is 0 Å². The lowest BCUT2D eigenvalue weighted by Crippen LogP contribution is -2.47. The lowest BCUT2D eigenvalue weighted by molar-refractivity contribution is -0.0685. The minimum absolute atomic E-state index is 0.00760. The van der Waals surface area contributed by atoms with Gasteiger partial charge in [0.2, 0.25) is 0 Å². The molecule has 1 aromatic carbocycles. The van der Waals surface area contributed by atoms with Crippen LogP contribution in [0.5, 0.6) is 5.75 Å². The summed E-state index contributed by atoms with van der Waals surface area (Å²) in [6.45, 7) is 2.89. The maximum atomic E-state index is 14.1. The molecule has 0 aliphatic heterocycles. The van der Waals surface area contributed by atoms with E-state index in [1.165, 1.54) is 13.5 Å². The largest absolute Gasteiger partial charge is 0.494 e. The van der Waals surface area contributed by atoms with Gasteiger partial charge in [0.05, 0.1) is 18.8 Å². The molecular weight excluding hydrogens is 269 g/mol. The molecule has 0 radical (unpaired) electrons. The van der Waals surface area contributed by atoms with Crippen molar-refractivity contribution in [1.29, 1.82) is 0 Å². The summed E-state index contributed by atoms with van der Waals surface area (Å²) < 4.78 is 25.0. The van der Waals surface area contributed by atoms with Gasteiger partial charge in [-0.05, 0) is 37.1 Å². The van der Waals surface area contributed by atoms with E-state index in [4.69, 9.17) is 9.47 Å². The molecule has 1 fully saturated rings. The van der Waals surface area contributed by atoms with Gasteiger partial charge in [-0.25, -0.2) is 4.39 Å². The smallest absolute Gasteiger partial charge is 0.165 e. The van der Waals surface area contributed by atoms with Crippen molar-refractivity contribution in [1.82, 2.24) is 5.32 Å². The molecule has 0 saturated heterocycles. The Morgan fingerprint density at radius 3 is 2.48 bits per heavy atom. The van der Waals surface area contributed by atoms with E-state index in [9.17, 15) is 4.39 Å². The zero-order valence-electron chi connectivity index (χ0n) is 13.2. The van der Waals surface area contributed by atoms with E-state index in [1.807, 2.05) is 6.07 Å². The maximum Gasteiger partial charge on any atom is 0.165 e. The SMILES string of the molecule is CCNC(c1ccc(OC)c(F)c1)C1(OC)CCCCC1. The first-order chi connectivity index (χ1) is 10.2. The Balaban J connectivity index is 2.35. The van der Waals surface area contributed by atoms with Gasteiger partial charge in [-0.1, -0.05) is 32.3 Å². The first-order valence-corrected chi connectivity index (χ1v) is 7.79. The Kier molecular flexibility index (Phi) is 5.59. The van der Waals surface area contributed by atoms with Crippen molar-refractivity contribution in [3.05, 3.63) is 29.6 Å². The van der Waals surface area contributed by atoms with E-state index in [-0.39, 0.29) is 23.2 Å². The second kappa shape index (κ2) is 7.23. The number of ether oxygens (including phenoxy) is 2. The van der Waals surface area contributed by atoms with Gasteiger partial charge in [0.25, 0.3) is 0 Å². The van der Waals surface area contributed by atoms with E-state index in [0.717, 1.165) is 37.8 Å². The van der Waals surface area contributed by atoms with Crippen molar-refractivity contribution in [2.75, 3.05) is 20.8 Å². The number of halogens is 1. The molecule has 2 rings (SSSR count). The number of likely N-dealkylation sites (N-methyl/N-ethyl adjacent to an activating group) is 1. The van der Waals surface area contributed by atoms with Crippen LogP contribution in [0.25, 0.3) is 0 Å². The second-order valence-corrected chi connectivity index (χ2v) is 5.71. The van der Waals surface area contributed by atoms with Crippen LogP contribution in [0.3, 0.4) is 0 Å². The fraction of sp³-hybridized carbons (Fsp3) is 0.647. The van der Waals surface area contributed by atoms with E-state index >= 15 is 0 Å². The maximum absolute atomic E-state index is 14.1. The molecule has 1 saturated carbocycles. The van der Waals surface area contributed by atoms with Crippen LogP contribution in [0.15, 0.2) is 18.2 Å². The lowest BCUT2D eigenvalue weighted by Gasteiger charge is -2.43. The predicted octanol–water partition coefficient (Wildman–Crippen LogP) is 3.83. The fourth-order valence-corrected chi connectivity index (χ4v) is 3.43. The van der Waals surface area contributed by atoms with E-state index in [1.54, 1.807) is 19.2 Å². The molecule has 1 aromatic rings. The summed E-state index contributed by atoms with van der Waals surface area (Å²) in [7, 11) is 3.26. The van der Waals surface area contributed by atoms with Crippen LogP contribution in [-0.4, -0.2) is 26.4 Å². The van der Waals surface area contributed by atoms with Crippen molar-refractivity contribution >= 4 is 0 Å². The lowest BCUT2D eigenvalue weighted by atomic mass is 9.76. The number of hydrogen-bond donors (Lipinski definition) is 1. The number of nitrogens with one attached hydrogen (secondary N) is 1. The standard InChI is InChI=1S/C17H26FNO2/c1-4-19-16(17(21-3)10-6-5-7-11-17)13-8-9-15(20-2)14(18)12-13/h8-9,12,16,19H,4-7,10-11H2,1-3H3. The molecule has 1 unspecified atom stereocenters. The number of methoxy groups -OCH3 is 2. The van der Waals surface area contributed by atoms with Gasteiger partial charge in [0.1, 0.15) is 0 Å². The molecular formula is C17H26FNO2. The monoisotopic (exact) mass is 295 g/mol. The van der Waals surface area contributed by atoms with Gasteiger partial charge >= 0.3 is 0 Å². The Hall–Kier alpha value is -1.13. The summed E-state index contributed by atoms with van der Waals surface area (Å²) in [4.78, 5) is 0. The highest BCUT2D eigenvalue weighted by molar-refractivity contribution is 5.32. The van der Waals surface area contributed by atoms with Crippen molar-refractivity contribution < 1.29 is 13.9 Å². The molecule has 1 aliphatic rings. The van der Waals surface area contributed by atoms with Crippen LogP contribution >= 0.6 is 0 Å². The van der Waals surface area contributed by atoms with Crippen LogP contribution in [0.4, 0.5) is 4.39 Å². The van der Waals surface area contributed by atoms with Gasteiger partial charge in [0.15, 0.2) is 11.6 Å². The van der Waals surface area contributed by atoms with Crippen molar-refractivity contribution in [3.8, 4) is 5.75 Å². The van der Waals surface area contributed by atoms with Gasteiger partial charge in [-0.3, -0.25) is 0 Å². The van der Waals surface area contributed by atoms with Gasteiger partial charge in [-0.2, -0.15) is 0 Å². The average Bonchev–Trinajstić information content (AvgIpc) is 2.53. The van der Waals surface area contributed by atoms with Crippen LogP contribution in [0, 0.1) is 5.82 Å². The number of benzene rings is 1. The summed E-state index contributed by atoms with van der Waals surface area (Å²) in [6, 6.07) is 5.21. The molecule has 4 heteroatoms. The molecule has 0 amide bonds. The molecule has 118 valence electrons. The third-order valence-corrected chi connectivity index (χ3v) is 4.55. The predicted molar refractivity (Wildman–Crippen MR) is 82.2 cm³/mol. The summed E-state index contributed by atoms with van der Waals surface area (Å²) in [5.74, 6) is -0.0379. The number of hydrogen-bond acceptors (Lipinski definition) is 3. The number of rotatable bonds is 6. The summed E-state index contributed by atoms with van der Waals surface area (Å²) in [5, 5.41) is 3.49. The molecule has 1 N–H and O–H groups in total. The molecule has 0 aromatic heterocycles. The second-order valence-electron chi connectivity index (χ2n) is 5.71. The molecule has 3 nitrogen and oxygen atoms in total. The quantitative estimate of drug-likeness (QED) is 0.865. The molecule has 21 heavy (non-hydrogen) atoms. The molecule has 0 spiro atoms. The molecule has 0 heterocycles. The highest BCUT2D eigenvalue weighted by atomic mass is 19.1. The molecule has 0 bridgehead atoms. The highest BCUT2D eigenvalue weighted by Gasteiger charge is 2.40. The molecule has 1 atom stereocenters. The van der Waals surface area contributed by atoms with Crippen LogP contribution < -0.4 is 10.1 Å². The Bertz CT molecular complexity index is 458. The Labute approximate surface area is 126 Å². The van der Waals surface area contributed by atoms with Gasteiger partial charge in [-0.15, -0.1) is 0 Å². The first kappa shape index (κ1) is 16.2. The van der Waals surface area contributed by atoms with Crippen LogP contribution in [-0.2, 0) is 4.74 Å². The fourth-order valence-electron chi connectivity index (χ4n) is 3.43. The van der Waals surface area contributed by atoms with Crippen LogP contribution in [0.1, 0.15) is 50.6 Å². The van der Waals surface area contributed by atoms with E-state index in [0.29, 0.717) is 0 Å². The normalized spacial score (nSPS) is 19.2. The van der Waals surface area contributed by atoms with Gasteiger partial charge < -0.3 is 14.8 Å². The van der Waals surface area contributed by atoms with Crippen molar-refractivity contribution in [2.45, 2.75) is 50.7 Å². The highest BCUT2D eigenvalue weighted by Crippen LogP contribution is 2.41. The third-order valence-electron chi connectivity index (χ3n) is 4.55. The minimum atomic E-state index is -0.319. The molecule has 1 aliphatic carbocycles. The van der Waals surface area contributed by atoms with Crippen LogP contribution in [0.2, 0.25) is 0 Å². The summed E-state index contributed by atoms with van der Waals surface area (Å²) in [6.07, 6.45) is 5.59. The Morgan fingerprint density at radius 1 is 1.24 bits per heavy atom. The van der Waals surface area contributed by atoms with Gasteiger partial charge in [0, 0.05) is 7.11 Å².